The van der Waals surface area contributed by atoms with Crippen molar-refractivity contribution in [3.8, 4) is 23.1 Å². The molecule has 0 unspecified atom stereocenters. The molecule has 8 aromatic rings. The van der Waals surface area contributed by atoms with Gasteiger partial charge in [-0.05, 0) is 125 Å². The maximum Gasteiger partial charge on any atom is 0.303 e. The van der Waals surface area contributed by atoms with Crippen molar-refractivity contribution in [2.24, 2.45) is 0 Å². The van der Waals surface area contributed by atoms with Crippen molar-refractivity contribution in [3.05, 3.63) is 129 Å². The summed E-state index contributed by atoms with van der Waals surface area (Å²) in [6.07, 6.45) is 1.68. The predicted molar refractivity (Wildman–Crippen MR) is 288 cm³/mol. The van der Waals surface area contributed by atoms with Crippen LogP contribution < -0.4 is 14.8 Å². The number of nitrogens with one attached hydrogen (secondary N) is 1. The molecule has 6 aromatic heterocycles. The SMILES string of the molecule is C.C.COc1cccc(CN2CCN(C(=O)CCc3c(C)nn(-c4ccc5nnc(C)n5n4)c3C)CC2)c1.COc1cccc(CN2CCNCC2)c1.Cc1nn(-c2ccc3nnc(C)n3n2)c(C)c1CCC(=O)O. The molecule has 2 aliphatic heterocycles. The molecule has 0 aliphatic carbocycles. The topological polar surface area (TPSA) is 216 Å². The van der Waals surface area contributed by atoms with Crippen LogP contribution >= 0.6 is 0 Å². The van der Waals surface area contributed by atoms with E-state index in [1.165, 1.54) is 11.1 Å². The number of hydrogen-bond acceptors (Lipinski definition) is 15. The summed E-state index contributed by atoms with van der Waals surface area (Å²) in [4.78, 5) is 30.6. The Bertz CT molecular complexity index is 3160. The Morgan fingerprint density at radius 1 is 0.573 bits per heavy atom. The van der Waals surface area contributed by atoms with Gasteiger partial charge in [0.2, 0.25) is 5.91 Å². The monoisotopic (exact) mass is 1030 g/mol. The first kappa shape index (κ1) is 56.7. The zero-order valence-corrected chi connectivity index (χ0v) is 43.1. The van der Waals surface area contributed by atoms with Crippen LogP contribution in [0.5, 0.6) is 11.5 Å². The minimum absolute atomic E-state index is 0. The normalized spacial score (nSPS) is 13.8. The van der Waals surface area contributed by atoms with E-state index < -0.39 is 5.97 Å². The second-order valence-electron chi connectivity index (χ2n) is 18.3. The molecule has 10 rings (SSSR count). The first-order valence-corrected chi connectivity index (χ1v) is 24.7. The van der Waals surface area contributed by atoms with Gasteiger partial charge in [-0.3, -0.25) is 19.4 Å². The van der Waals surface area contributed by atoms with Crippen LogP contribution in [0.4, 0.5) is 0 Å². The highest BCUT2D eigenvalue weighted by Gasteiger charge is 2.23. The van der Waals surface area contributed by atoms with Gasteiger partial charge < -0.3 is 24.8 Å². The van der Waals surface area contributed by atoms with E-state index in [1.54, 1.807) is 27.9 Å². The van der Waals surface area contributed by atoms with Crippen LogP contribution in [0.3, 0.4) is 0 Å². The highest BCUT2D eigenvalue weighted by molar-refractivity contribution is 5.76. The fourth-order valence-electron chi connectivity index (χ4n) is 9.22. The summed E-state index contributed by atoms with van der Waals surface area (Å²) in [5.74, 6) is 3.98. The van der Waals surface area contributed by atoms with Crippen molar-refractivity contribution >= 4 is 23.2 Å². The molecule has 2 saturated heterocycles. The van der Waals surface area contributed by atoms with Gasteiger partial charge in [-0.2, -0.15) is 19.2 Å². The number of hydrogen-bond donors (Lipinski definition) is 2. The van der Waals surface area contributed by atoms with Gasteiger partial charge in [0.05, 0.1) is 25.6 Å². The van der Waals surface area contributed by atoms with E-state index in [-0.39, 0.29) is 27.2 Å². The van der Waals surface area contributed by atoms with E-state index in [4.69, 9.17) is 19.7 Å². The average molecular weight is 1030 g/mol. The lowest BCUT2D eigenvalue weighted by Gasteiger charge is -2.35. The lowest BCUT2D eigenvalue weighted by Crippen LogP contribution is -2.48. The number of carboxylic acids is 1. The Hall–Kier alpha value is -7.62. The minimum atomic E-state index is -0.814. The number of rotatable bonds is 14. The van der Waals surface area contributed by atoms with Crippen LogP contribution in [0.1, 0.15) is 84.4 Å². The molecule has 1 amide bonds. The largest absolute Gasteiger partial charge is 0.497 e. The Morgan fingerprint density at radius 2 is 1.03 bits per heavy atom. The fourth-order valence-corrected chi connectivity index (χ4v) is 9.22. The van der Waals surface area contributed by atoms with Gasteiger partial charge in [-0.1, -0.05) is 39.1 Å². The van der Waals surface area contributed by atoms with Crippen molar-refractivity contribution in [3.63, 3.8) is 0 Å². The van der Waals surface area contributed by atoms with Crippen molar-refractivity contribution in [1.29, 1.82) is 0 Å². The number of nitrogens with zero attached hydrogens (tertiary/aromatic N) is 15. The summed E-state index contributed by atoms with van der Waals surface area (Å²) in [5.41, 5.74) is 9.62. The number of aliphatic carboxylic acids is 1. The van der Waals surface area contributed by atoms with Gasteiger partial charge in [0.15, 0.2) is 34.6 Å². The summed E-state index contributed by atoms with van der Waals surface area (Å²) in [6, 6.07) is 23.9. The molecule has 0 spiro atoms. The van der Waals surface area contributed by atoms with Crippen molar-refractivity contribution < 1.29 is 24.2 Å². The third-order valence-electron chi connectivity index (χ3n) is 13.3. The van der Waals surface area contributed by atoms with E-state index in [0.29, 0.717) is 48.0 Å². The molecule has 0 radical (unpaired) electrons. The van der Waals surface area contributed by atoms with Gasteiger partial charge in [0.1, 0.15) is 11.5 Å². The highest BCUT2D eigenvalue weighted by atomic mass is 16.5. The zero-order valence-electron chi connectivity index (χ0n) is 43.1. The number of amides is 1. The standard InChI is InChI=1S/C26H32N8O2.C14H16N6O2.C12H18N2O.2CH4/c1-18-23(19(2)33(29-18)25-10-9-24-28-27-20(3)34(24)30-25)8-11-26(35)32-14-12-31(13-15-32)17-21-6-5-7-22(16-21)36-4;1-8-11(4-7-14(21)22)9(2)19(17-8)13-6-5-12-16-15-10(3)20(12)18-13;1-15-12-4-2-3-11(9-12)10-14-7-5-13-6-8-14;;/h5-7,9-10,16H,8,11-15,17H2,1-4H3;5-6H,4,7H2,1-3H3,(H,21,22);2-4,9,13H,5-8,10H2,1H3;2*1H4. The molecule has 21 nitrogen and oxygen atoms in total. The first-order chi connectivity index (χ1) is 35.3. The molecular formula is C54H74N16O5. The molecule has 75 heavy (non-hydrogen) atoms. The van der Waals surface area contributed by atoms with Gasteiger partial charge >= 0.3 is 5.97 Å². The van der Waals surface area contributed by atoms with Crippen molar-refractivity contribution in [2.45, 2.75) is 95.2 Å². The number of piperazine rings is 2. The summed E-state index contributed by atoms with van der Waals surface area (Å²) in [6.45, 7) is 21.1. The Balaban J connectivity index is 0.000000199. The van der Waals surface area contributed by atoms with Gasteiger partial charge in [0.25, 0.3) is 0 Å². The molecule has 2 fully saturated rings. The third-order valence-corrected chi connectivity index (χ3v) is 13.3. The minimum Gasteiger partial charge on any atom is -0.497 e. The van der Waals surface area contributed by atoms with Crippen molar-refractivity contribution in [1.82, 2.24) is 79.2 Å². The first-order valence-electron chi connectivity index (χ1n) is 24.7. The zero-order chi connectivity index (χ0) is 51.6. The fraction of sp³-hybridized carbons (Fsp3) is 0.444. The molecule has 2 N–H and O–H groups in total. The van der Waals surface area contributed by atoms with Crippen molar-refractivity contribution in [2.75, 3.05) is 66.6 Å². The lowest BCUT2D eigenvalue weighted by molar-refractivity contribution is -0.137. The maximum absolute atomic E-state index is 13.0. The lowest BCUT2D eigenvalue weighted by atomic mass is 10.1. The van der Waals surface area contributed by atoms with Gasteiger partial charge in [-0.15, -0.1) is 30.6 Å². The Kier molecular flexibility index (Phi) is 19.7. The van der Waals surface area contributed by atoms with Crippen LogP contribution in [0.2, 0.25) is 0 Å². The number of carbonyl (C=O) groups is 2. The summed E-state index contributed by atoms with van der Waals surface area (Å²) in [7, 11) is 3.40. The molecule has 400 valence electrons. The Labute approximate surface area is 439 Å². The van der Waals surface area contributed by atoms with Crippen LogP contribution in [-0.4, -0.2) is 157 Å². The number of carbonyl (C=O) groups excluding carboxylic acids is 1. The summed E-state index contributed by atoms with van der Waals surface area (Å²) in [5, 5.41) is 46.7. The molecule has 8 heterocycles. The molecular weight excluding hydrogens is 953 g/mol. The Morgan fingerprint density at radius 3 is 1.48 bits per heavy atom. The van der Waals surface area contributed by atoms with E-state index in [0.717, 1.165) is 117 Å². The average Bonchev–Trinajstić information content (AvgIpc) is 4.14. The molecule has 0 saturated carbocycles. The second kappa shape index (κ2) is 26.0. The quantitative estimate of drug-likeness (QED) is 0.125. The molecule has 0 atom stereocenters. The number of aromatic nitrogens is 12. The van der Waals surface area contributed by atoms with Gasteiger partial charge in [0, 0.05) is 89.7 Å². The second-order valence-corrected chi connectivity index (χ2v) is 18.3. The summed E-state index contributed by atoms with van der Waals surface area (Å²) < 4.78 is 17.5. The number of fused-ring (bicyclic) bond motifs is 2. The number of methoxy groups -OCH3 is 2. The van der Waals surface area contributed by atoms with Crippen LogP contribution in [0.15, 0.2) is 72.8 Å². The molecule has 2 aromatic carbocycles. The highest BCUT2D eigenvalue weighted by Crippen LogP contribution is 2.22. The number of benzene rings is 2. The van der Waals surface area contributed by atoms with E-state index in [9.17, 15) is 9.59 Å². The van der Waals surface area contributed by atoms with Gasteiger partial charge in [-0.25, -0.2) is 9.36 Å². The molecule has 0 bridgehead atoms. The molecule has 2 aliphatic rings. The van der Waals surface area contributed by atoms with E-state index in [2.05, 4.69) is 81.1 Å². The number of ether oxygens (including phenoxy) is 2. The number of aryl methyl sites for hydroxylation is 4. The van der Waals surface area contributed by atoms with Crippen LogP contribution in [0, 0.1) is 41.5 Å². The predicted octanol–water partition coefficient (Wildman–Crippen LogP) is 6.15. The van der Waals surface area contributed by atoms with Crippen LogP contribution in [0.25, 0.3) is 22.9 Å². The number of carboxylic acid groups (broad SMARTS) is 1. The van der Waals surface area contributed by atoms with Crippen LogP contribution in [-0.2, 0) is 35.5 Å². The van der Waals surface area contributed by atoms with E-state index in [1.807, 2.05) is 93.6 Å². The smallest absolute Gasteiger partial charge is 0.303 e. The van der Waals surface area contributed by atoms with E-state index >= 15 is 0 Å². The third kappa shape index (κ3) is 14.0. The maximum atomic E-state index is 13.0. The molecule has 21 heteroatoms. The summed E-state index contributed by atoms with van der Waals surface area (Å²) >= 11 is 0.